The average Bonchev–Trinajstić information content (AvgIpc) is 2.96. The largest absolute Gasteiger partial charge is 0.379 e. The van der Waals surface area contributed by atoms with Crippen molar-refractivity contribution < 1.29 is 4.74 Å². The molecule has 0 bridgehead atoms. The van der Waals surface area contributed by atoms with E-state index in [1.807, 2.05) is 35.1 Å². The van der Waals surface area contributed by atoms with Gasteiger partial charge in [0.25, 0.3) is 0 Å². The Morgan fingerprint density at radius 1 is 1.16 bits per heavy atom. The van der Waals surface area contributed by atoms with Gasteiger partial charge in [-0.15, -0.1) is 5.10 Å². The number of aromatic nitrogens is 3. The molecular formula is C14H17N4O. The molecule has 2 aromatic rings. The Labute approximate surface area is 112 Å². The molecule has 1 aliphatic rings. The minimum atomic E-state index is 0.836. The maximum Gasteiger partial charge on any atom is 0.113 e. The second kappa shape index (κ2) is 5.95. The second-order valence-corrected chi connectivity index (χ2v) is 4.61. The van der Waals surface area contributed by atoms with Crippen LogP contribution in [-0.2, 0) is 11.3 Å². The van der Waals surface area contributed by atoms with E-state index in [1.54, 1.807) is 0 Å². The van der Waals surface area contributed by atoms with Gasteiger partial charge in [-0.2, -0.15) is 0 Å². The van der Waals surface area contributed by atoms with Crippen molar-refractivity contribution in [2.75, 3.05) is 32.8 Å². The van der Waals surface area contributed by atoms with Crippen molar-refractivity contribution in [3.05, 3.63) is 36.5 Å². The molecule has 1 aliphatic heterocycles. The summed E-state index contributed by atoms with van der Waals surface area (Å²) in [6.45, 7) is 5.55. The first-order chi connectivity index (χ1) is 9.42. The highest BCUT2D eigenvalue weighted by Gasteiger charge is 2.10. The zero-order valence-electron chi connectivity index (χ0n) is 10.8. The first kappa shape index (κ1) is 12.3. The highest BCUT2D eigenvalue weighted by atomic mass is 16.5. The van der Waals surface area contributed by atoms with E-state index in [-0.39, 0.29) is 0 Å². The van der Waals surface area contributed by atoms with E-state index < -0.39 is 0 Å². The molecule has 3 rings (SSSR count). The van der Waals surface area contributed by atoms with Crippen molar-refractivity contribution in [2.45, 2.75) is 6.54 Å². The third-order valence-corrected chi connectivity index (χ3v) is 3.30. The Morgan fingerprint density at radius 3 is 2.74 bits per heavy atom. The summed E-state index contributed by atoms with van der Waals surface area (Å²) in [6, 6.07) is 10.8. The normalized spacial score (nSPS) is 16.6. The van der Waals surface area contributed by atoms with Crippen LogP contribution in [0.1, 0.15) is 0 Å². The summed E-state index contributed by atoms with van der Waals surface area (Å²) >= 11 is 0. The molecule has 0 N–H and O–H groups in total. The summed E-state index contributed by atoms with van der Waals surface area (Å²) in [6.07, 6.45) is 2.00. The van der Waals surface area contributed by atoms with Gasteiger partial charge < -0.3 is 4.74 Å². The number of ether oxygens (including phenoxy) is 1. The van der Waals surface area contributed by atoms with Crippen LogP contribution in [0.2, 0.25) is 0 Å². The van der Waals surface area contributed by atoms with Gasteiger partial charge in [-0.05, 0) is 6.07 Å². The zero-order chi connectivity index (χ0) is 12.9. The van der Waals surface area contributed by atoms with E-state index >= 15 is 0 Å². The first-order valence-electron chi connectivity index (χ1n) is 6.58. The number of hydrogen-bond donors (Lipinski definition) is 0. The number of benzene rings is 1. The van der Waals surface area contributed by atoms with Crippen molar-refractivity contribution in [1.82, 2.24) is 19.9 Å². The molecule has 0 saturated carbocycles. The van der Waals surface area contributed by atoms with Gasteiger partial charge in [-0.1, -0.05) is 29.5 Å². The topological polar surface area (TPSA) is 43.2 Å². The van der Waals surface area contributed by atoms with Crippen LogP contribution >= 0.6 is 0 Å². The number of nitrogens with zero attached hydrogens (tertiary/aromatic N) is 4. The molecule has 0 amide bonds. The Hall–Kier alpha value is -1.72. The maximum atomic E-state index is 5.33. The van der Waals surface area contributed by atoms with Crippen LogP contribution in [0.4, 0.5) is 0 Å². The van der Waals surface area contributed by atoms with Crippen LogP contribution < -0.4 is 0 Å². The van der Waals surface area contributed by atoms with Crippen molar-refractivity contribution in [2.24, 2.45) is 0 Å². The lowest BCUT2D eigenvalue weighted by Gasteiger charge is -2.26. The van der Waals surface area contributed by atoms with Crippen LogP contribution in [-0.4, -0.2) is 52.7 Å². The molecule has 5 nitrogen and oxygen atoms in total. The summed E-state index contributed by atoms with van der Waals surface area (Å²) in [5.41, 5.74) is 1.99. The summed E-state index contributed by atoms with van der Waals surface area (Å²) in [5.74, 6) is 0. The summed E-state index contributed by atoms with van der Waals surface area (Å²) in [5, 5.41) is 8.38. The molecule has 19 heavy (non-hydrogen) atoms. The van der Waals surface area contributed by atoms with E-state index in [0.29, 0.717) is 0 Å². The fourth-order valence-corrected chi connectivity index (χ4v) is 2.17. The first-order valence-corrected chi connectivity index (χ1v) is 6.58. The lowest BCUT2D eigenvalue weighted by Crippen LogP contribution is -2.38. The van der Waals surface area contributed by atoms with E-state index in [9.17, 15) is 0 Å². The Balaban J connectivity index is 1.59. The fraction of sp³-hybridized carbons (Fsp3) is 0.429. The second-order valence-electron chi connectivity index (χ2n) is 4.61. The molecule has 0 atom stereocenters. The zero-order valence-corrected chi connectivity index (χ0v) is 10.8. The quantitative estimate of drug-likeness (QED) is 0.822. The van der Waals surface area contributed by atoms with Crippen molar-refractivity contribution in [3.8, 4) is 11.3 Å². The van der Waals surface area contributed by atoms with Gasteiger partial charge in [-0.25, -0.2) is 0 Å². The minimum Gasteiger partial charge on any atom is -0.379 e. The highest BCUT2D eigenvalue weighted by Crippen LogP contribution is 2.14. The molecule has 1 aromatic carbocycles. The van der Waals surface area contributed by atoms with Crippen LogP contribution in [0.5, 0.6) is 0 Å². The molecule has 2 heterocycles. The molecule has 1 radical (unpaired) electrons. The molecule has 1 aromatic heterocycles. The summed E-state index contributed by atoms with van der Waals surface area (Å²) < 4.78 is 7.24. The summed E-state index contributed by atoms with van der Waals surface area (Å²) in [7, 11) is 0. The van der Waals surface area contributed by atoms with E-state index in [4.69, 9.17) is 4.74 Å². The van der Waals surface area contributed by atoms with Crippen LogP contribution in [0.15, 0.2) is 30.5 Å². The Morgan fingerprint density at radius 2 is 1.95 bits per heavy atom. The predicted molar refractivity (Wildman–Crippen MR) is 71.6 cm³/mol. The lowest BCUT2D eigenvalue weighted by molar-refractivity contribution is 0.0359. The smallest absolute Gasteiger partial charge is 0.113 e. The number of hydrogen-bond acceptors (Lipinski definition) is 4. The fourth-order valence-electron chi connectivity index (χ4n) is 2.17. The minimum absolute atomic E-state index is 0.836. The van der Waals surface area contributed by atoms with Gasteiger partial charge in [0.05, 0.1) is 26.0 Å². The highest BCUT2D eigenvalue weighted by molar-refractivity contribution is 5.56. The molecule has 99 valence electrons. The lowest BCUT2D eigenvalue weighted by atomic mass is 10.2. The number of rotatable bonds is 4. The standard InChI is InChI=1S/C14H17N4O/c1-2-4-13(5-3-1)14-12-18(16-15-14)7-6-17-8-10-19-11-9-17/h2-5,12H,6-11H2. The molecule has 0 spiro atoms. The van der Waals surface area contributed by atoms with Gasteiger partial charge in [0.15, 0.2) is 0 Å². The molecule has 1 saturated heterocycles. The van der Waals surface area contributed by atoms with Gasteiger partial charge in [0, 0.05) is 25.2 Å². The van der Waals surface area contributed by atoms with Crippen molar-refractivity contribution in [1.29, 1.82) is 0 Å². The number of morpholine rings is 1. The van der Waals surface area contributed by atoms with Gasteiger partial charge >= 0.3 is 0 Å². The monoisotopic (exact) mass is 257 g/mol. The molecular weight excluding hydrogens is 240 g/mol. The molecule has 1 fully saturated rings. The Kier molecular flexibility index (Phi) is 3.86. The third kappa shape index (κ3) is 3.19. The molecule has 0 unspecified atom stereocenters. The van der Waals surface area contributed by atoms with Crippen molar-refractivity contribution in [3.63, 3.8) is 0 Å². The maximum absolute atomic E-state index is 5.33. The average molecular weight is 257 g/mol. The van der Waals surface area contributed by atoms with E-state index in [1.165, 1.54) is 0 Å². The van der Waals surface area contributed by atoms with Gasteiger partial charge in [0.2, 0.25) is 0 Å². The van der Waals surface area contributed by atoms with Crippen LogP contribution in [0.3, 0.4) is 0 Å². The van der Waals surface area contributed by atoms with Gasteiger partial charge in [-0.3, -0.25) is 9.58 Å². The van der Waals surface area contributed by atoms with Crippen LogP contribution in [0.25, 0.3) is 11.3 Å². The summed E-state index contributed by atoms with van der Waals surface area (Å²) in [4.78, 5) is 2.39. The predicted octanol–water partition coefficient (Wildman–Crippen LogP) is 1.08. The van der Waals surface area contributed by atoms with E-state index in [2.05, 4.69) is 21.3 Å². The Bertz CT molecular complexity index is 505. The molecule has 5 heteroatoms. The van der Waals surface area contributed by atoms with E-state index in [0.717, 1.165) is 50.7 Å². The van der Waals surface area contributed by atoms with Crippen LogP contribution in [0, 0.1) is 6.07 Å². The molecule has 0 aliphatic carbocycles. The van der Waals surface area contributed by atoms with Crippen molar-refractivity contribution >= 4 is 0 Å². The third-order valence-electron chi connectivity index (χ3n) is 3.30. The van der Waals surface area contributed by atoms with Gasteiger partial charge in [0.1, 0.15) is 5.69 Å². The SMILES string of the molecule is [c]1ccc(-c2cn(CCN3CCOCC3)nn2)cc1.